The lowest BCUT2D eigenvalue weighted by atomic mass is 9.98. The van der Waals surface area contributed by atoms with Crippen LogP contribution in [0.1, 0.15) is 30.9 Å². The minimum Gasteiger partial charge on any atom is -0.479 e. The summed E-state index contributed by atoms with van der Waals surface area (Å²) in [6.07, 6.45) is 0.648. The fourth-order valence-corrected chi connectivity index (χ4v) is 4.44. The van der Waals surface area contributed by atoms with E-state index < -0.39 is 42.1 Å². The smallest absolute Gasteiger partial charge is 0.341 e. The summed E-state index contributed by atoms with van der Waals surface area (Å²) in [5.74, 6) is -3.62. The maximum Gasteiger partial charge on any atom is 0.341 e. The molecule has 2 aromatic carbocycles. The molecule has 10 nitrogen and oxygen atoms in total. The largest absolute Gasteiger partial charge is 0.479 e. The van der Waals surface area contributed by atoms with Crippen LogP contribution in [0, 0.1) is 0 Å². The molecule has 1 amide bonds. The van der Waals surface area contributed by atoms with Crippen LogP contribution in [-0.4, -0.2) is 77.9 Å². The lowest BCUT2D eigenvalue weighted by Crippen LogP contribution is -2.62. The van der Waals surface area contributed by atoms with Crippen LogP contribution in [0.3, 0.4) is 0 Å². The van der Waals surface area contributed by atoms with Crippen molar-refractivity contribution in [2.75, 3.05) is 13.2 Å². The Hall–Kier alpha value is -4.15. The van der Waals surface area contributed by atoms with E-state index in [9.17, 15) is 29.1 Å². The molecule has 3 N–H and O–H groups in total. The third kappa shape index (κ3) is 6.21. The molecule has 1 aliphatic rings. The van der Waals surface area contributed by atoms with Crippen molar-refractivity contribution in [2.45, 2.75) is 44.1 Å². The zero-order chi connectivity index (χ0) is 27.8. The predicted molar refractivity (Wildman–Crippen MR) is 139 cm³/mol. The molecule has 4 atom stereocenters. The summed E-state index contributed by atoms with van der Waals surface area (Å²) in [5, 5.41) is 14.9. The number of hydrogen-bond donors (Lipinski definition) is 3. The first kappa shape index (κ1) is 28.4. The monoisotopic (exact) mass is 521 g/mol. The Morgan fingerprint density at radius 2 is 1.50 bits per heavy atom. The van der Waals surface area contributed by atoms with E-state index in [0.717, 1.165) is 27.2 Å². The molecule has 2 aromatic rings. The highest BCUT2D eigenvalue weighted by Gasteiger charge is 2.39. The second-order valence-corrected chi connectivity index (χ2v) is 8.99. The van der Waals surface area contributed by atoms with Crippen molar-refractivity contribution in [1.29, 1.82) is 0 Å². The van der Waals surface area contributed by atoms with Gasteiger partial charge in [-0.05, 0) is 36.1 Å². The molecule has 3 rings (SSSR count). The third-order valence-corrected chi connectivity index (χ3v) is 6.25. The molecule has 0 fully saturated rings. The number of hydrogen-bond acceptors (Lipinski definition) is 8. The molecule has 0 bridgehead atoms. The van der Waals surface area contributed by atoms with Crippen LogP contribution in [0.4, 0.5) is 0 Å². The van der Waals surface area contributed by atoms with Gasteiger partial charge in [0.1, 0.15) is 19.2 Å². The number of aldehydes is 2. The van der Waals surface area contributed by atoms with Crippen LogP contribution >= 0.6 is 0 Å². The summed E-state index contributed by atoms with van der Waals surface area (Å²) >= 11 is 0. The Morgan fingerprint density at radius 3 is 2.00 bits per heavy atom. The number of carbonyl (C=O) groups is 5. The fourth-order valence-electron chi connectivity index (χ4n) is 4.44. The van der Waals surface area contributed by atoms with Crippen LogP contribution in [-0.2, 0) is 28.7 Å². The normalized spacial score (nSPS) is 15.2. The maximum absolute atomic E-state index is 13.5. The predicted octanol–water partition coefficient (Wildman–Crippen LogP) is 1.49. The quantitative estimate of drug-likeness (QED) is 0.111. The van der Waals surface area contributed by atoms with Crippen LogP contribution in [0.2, 0.25) is 0 Å². The van der Waals surface area contributed by atoms with E-state index in [0.29, 0.717) is 12.6 Å². The van der Waals surface area contributed by atoms with E-state index >= 15 is 0 Å². The number of esters is 1. The average Bonchev–Trinajstić information content (AvgIpc) is 3.25. The summed E-state index contributed by atoms with van der Waals surface area (Å²) in [6.45, 7) is 6.11. The van der Waals surface area contributed by atoms with Gasteiger partial charge < -0.3 is 24.3 Å². The van der Waals surface area contributed by atoms with Crippen molar-refractivity contribution in [3.8, 4) is 11.1 Å². The first-order chi connectivity index (χ1) is 18.2. The molecule has 200 valence electrons. The number of fused-ring (bicyclic) bond motifs is 3. The number of nitrogens with zero attached hydrogens (tertiary/aromatic N) is 1. The molecule has 0 radical (unpaired) electrons. The SMILES string of the molecule is C=CCN(C(=O)[C@H](N[C@@H](C)C=O)C(=O)OCC1c2ccccc2-c2ccccc21)[C@@H](N[C@@H](C)C=O)C(=O)O. The van der Waals surface area contributed by atoms with E-state index in [1.54, 1.807) is 0 Å². The number of rotatable bonds is 14. The van der Waals surface area contributed by atoms with Gasteiger partial charge in [-0.2, -0.15) is 0 Å². The summed E-state index contributed by atoms with van der Waals surface area (Å²) in [4.78, 5) is 62.1. The van der Waals surface area contributed by atoms with Crippen molar-refractivity contribution in [3.05, 3.63) is 72.3 Å². The Balaban J connectivity index is 1.87. The van der Waals surface area contributed by atoms with Gasteiger partial charge in [0.15, 0.2) is 12.2 Å². The Bertz CT molecular complexity index is 1170. The standard InChI is InChI=1S/C28H31N3O7/c1-4-13-31(25(27(35)36)30-18(3)15-33)26(34)24(29-17(2)14-32)28(37)38-16-23-21-11-7-5-9-19(21)20-10-6-8-12-22(20)23/h4-12,14-15,17-18,23-25,29-30H,1,13,16H2,2-3H3,(H,35,36)/t17-,18-,24-,25+/m0/s1. The number of carbonyl (C=O) groups excluding carboxylic acids is 4. The average molecular weight is 522 g/mol. The van der Waals surface area contributed by atoms with E-state index in [1.165, 1.54) is 19.9 Å². The van der Waals surface area contributed by atoms with Crippen molar-refractivity contribution >= 4 is 30.4 Å². The maximum atomic E-state index is 13.5. The minimum absolute atomic E-state index is 0.0714. The molecule has 1 aliphatic carbocycles. The zero-order valence-electron chi connectivity index (χ0n) is 21.2. The molecule has 0 saturated carbocycles. The molecule has 0 heterocycles. The van der Waals surface area contributed by atoms with Gasteiger partial charge in [-0.15, -0.1) is 6.58 Å². The van der Waals surface area contributed by atoms with Crippen LogP contribution < -0.4 is 10.6 Å². The lowest BCUT2D eigenvalue weighted by molar-refractivity contribution is -0.159. The van der Waals surface area contributed by atoms with Crippen molar-refractivity contribution in [1.82, 2.24) is 15.5 Å². The number of aliphatic carboxylic acids is 1. The molecule has 0 saturated heterocycles. The highest BCUT2D eigenvalue weighted by atomic mass is 16.5. The van der Waals surface area contributed by atoms with Gasteiger partial charge in [-0.1, -0.05) is 54.6 Å². The van der Waals surface area contributed by atoms with Gasteiger partial charge in [0.05, 0.1) is 12.1 Å². The highest BCUT2D eigenvalue weighted by Crippen LogP contribution is 2.44. The van der Waals surface area contributed by atoms with E-state index in [-0.39, 0.29) is 19.1 Å². The highest BCUT2D eigenvalue weighted by molar-refractivity contribution is 6.03. The van der Waals surface area contributed by atoms with E-state index in [4.69, 9.17) is 4.74 Å². The molecule has 0 unspecified atom stereocenters. The topological polar surface area (TPSA) is 142 Å². The molecule has 0 aliphatic heterocycles. The second-order valence-electron chi connectivity index (χ2n) is 8.99. The number of ether oxygens (including phenoxy) is 1. The summed E-state index contributed by atoms with van der Waals surface area (Å²) < 4.78 is 5.62. The summed E-state index contributed by atoms with van der Waals surface area (Å²) in [6, 6.07) is 12.0. The van der Waals surface area contributed by atoms with Gasteiger partial charge in [0.2, 0.25) is 0 Å². The van der Waals surface area contributed by atoms with Crippen molar-refractivity contribution in [3.63, 3.8) is 0 Å². The lowest BCUT2D eigenvalue weighted by Gasteiger charge is -2.32. The van der Waals surface area contributed by atoms with Gasteiger partial charge in [0, 0.05) is 12.5 Å². The zero-order valence-corrected chi connectivity index (χ0v) is 21.2. The molecular formula is C28H31N3O7. The first-order valence-corrected chi connectivity index (χ1v) is 12.1. The molecule has 0 aromatic heterocycles. The van der Waals surface area contributed by atoms with E-state index in [1.807, 2.05) is 48.5 Å². The molecule has 0 spiro atoms. The van der Waals surface area contributed by atoms with E-state index in [2.05, 4.69) is 17.2 Å². The minimum atomic E-state index is -1.68. The van der Waals surface area contributed by atoms with Gasteiger partial charge >= 0.3 is 11.9 Å². The number of amides is 1. The molecular weight excluding hydrogens is 490 g/mol. The number of nitrogens with one attached hydrogen (secondary N) is 2. The van der Waals surface area contributed by atoms with Crippen LogP contribution in [0.15, 0.2) is 61.2 Å². The number of benzene rings is 2. The van der Waals surface area contributed by atoms with Crippen LogP contribution in [0.25, 0.3) is 11.1 Å². The fraction of sp³-hybridized carbons (Fsp3) is 0.321. The van der Waals surface area contributed by atoms with Crippen LogP contribution in [0.5, 0.6) is 0 Å². The summed E-state index contributed by atoms with van der Waals surface area (Å²) in [5.41, 5.74) is 4.01. The summed E-state index contributed by atoms with van der Waals surface area (Å²) in [7, 11) is 0. The number of carboxylic acid groups (broad SMARTS) is 1. The second kappa shape index (κ2) is 12.9. The van der Waals surface area contributed by atoms with Gasteiger partial charge in [-0.25, -0.2) is 9.59 Å². The van der Waals surface area contributed by atoms with Gasteiger partial charge in [-0.3, -0.25) is 15.4 Å². The number of carboxylic acids is 1. The van der Waals surface area contributed by atoms with Gasteiger partial charge in [0.25, 0.3) is 5.91 Å². The van der Waals surface area contributed by atoms with Crippen molar-refractivity contribution < 1.29 is 33.8 Å². The third-order valence-electron chi connectivity index (χ3n) is 6.25. The Morgan fingerprint density at radius 1 is 0.974 bits per heavy atom. The Labute approximate surface area is 220 Å². The first-order valence-electron chi connectivity index (χ1n) is 12.1. The molecule has 38 heavy (non-hydrogen) atoms. The molecule has 10 heteroatoms. The van der Waals surface area contributed by atoms with Crippen molar-refractivity contribution in [2.24, 2.45) is 0 Å². The Kier molecular flexibility index (Phi) is 9.64.